The second-order valence-electron chi connectivity index (χ2n) is 18.0. The Bertz CT molecular complexity index is 2240. The lowest BCUT2D eigenvalue weighted by atomic mass is 10.0. The molecule has 16 heteroatoms. The van der Waals surface area contributed by atoms with Crippen molar-refractivity contribution in [2.45, 2.75) is 91.0 Å². The van der Waals surface area contributed by atoms with Crippen molar-refractivity contribution in [3.63, 3.8) is 0 Å². The maximum absolute atomic E-state index is 10.8. The first-order valence-corrected chi connectivity index (χ1v) is 26.1. The van der Waals surface area contributed by atoms with Gasteiger partial charge in [0, 0.05) is 89.0 Å². The third-order valence-electron chi connectivity index (χ3n) is 11.9. The molecule has 3 aromatic rings. The smallest absolute Gasteiger partial charge is 0.152 e. The highest BCUT2D eigenvalue weighted by molar-refractivity contribution is 8.03. The molecule has 1 fully saturated rings. The average molecular weight is 990 g/mol. The maximum atomic E-state index is 10.8. The number of thioether (sulfide) groups is 1. The van der Waals surface area contributed by atoms with E-state index in [0.717, 1.165) is 92.2 Å². The minimum absolute atomic E-state index is 0.208. The zero-order valence-corrected chi connectivity index (χ0v) is 44.8. The van der Waals surface area contributed by atoms with Crippen molar-refractivity contribution in [2.75, 3.05) is 88.7 Å². The van der Waals surface area contributed by atoms with Gasteiger partial charge in [0.25, 0.3) is 0 Å². The molecular formula is C55H83N13O2S. The van der Waals surface area contributed by atoms with Crippen LogP contribution in [0.4, 0.5) is 17.1 Å². The molecule has 5 unspecified atom stereocenters. The van der Waals surface area contributed by atoms with Crippen LogP contribution in [0.2, 0.25) is 0 Å². The SMILES string of the molecule is C=CCNC/C(C)=C/C(O)Nc1ccc(C(C)C)cc1.CC.CC1/C=C\NC/N=C\N=C1N1CCN(c2cc(C(C)C)ccc2NC(O)c2cccnc2)CC1.CNCCN(C)C1=NC=NC2C=CSC12. The summed E-state index contributed by atoms with van der Waals surface area (Å²) in [5, 5.41) is 39.1. The lowest BCUT2D eigenvalue weighted by Crippen LogP contribution is -2.50. The van der Waals surface area contributed by atoms with E-state index in [9.17, 15) is 10.2 Å². The molecule has 2 aromatic carbocycles. The van der Waals surface area contributed by atoms with E-state index in [4.69, 9.17) is 0 Å². The highest BCUT2D eigenvalue weighted by Gasteiger charge is 2.32. The molecule has 71 heavy (non-hydrogen) atoms. The van der Waals surface area contributed by atoms with Crippen molar-refractivity contribution in [1.29, 1.82) is 0 Å². The summed E-state index contributed by atoms with van der Waals surface area (Å²) in [4.78, 5) is 28.8. The van der Waals surface area contributed by atoms with Crippen LogP contribution in [0.25, 0.3) is 0 Å². The monoisotopic (exact) mass is 990 g/mol. The van der Waals surface area contributed by atoms with Gasteiger partial charge in [-0.05, 0) is 84.9 Å². The Morgan fingerprint density at radius 1 is 0.930 bits per heavy atom. The fourth-order valence-corrected chi connectivity index (χ4v) is 8.94. The van der Waals surface area contributed by atoms with Gasteiger partial charge in [0.2, 0.25) is 0 Å². The summed E-state index contributed by atoms with van der Waals surface area (Å²) in [6, 6.07) is 18.6. The molecule has 0 saturated carbocycles. The standard InChI is InChI=1S/C26H35N7O.C17H26N2O.C10H16N4S.C2H6/c1-19(2)21-6-7-23(31-26(34)22-5-4-9-27-16-22)24(15-21)32-11-13-33(14-12-32)25-20(3)8-10-28-17-29-18-30-25;1-5-10-18-12-14(4)11-17(20)19-16-8-6-15(7-9-16)13(2)3;1-11-4-5-14(2)10-9-8(3-6-15-9)12-7-13-10;1-2/h4-10,15-16,18-20,26,28,31,34H,11-14,17H2,1-3H3;5-9,11,13,17-20H,1,10,12H2,2-4H3;3,6-9,11H,4-5H2,1-2H3;1-2H3/b10-8-,29-18-,30-25?;14-11+;;. The number of nitrogens with zero attached hydrogens (tertiary/aromatic N) is 8. The molecule has 386 valence electrons. The first kappa shape index (κ1) is 57.8. The van der Waals surface area contributed by atoms with Crippen molar-refractivity contribution < 1.29 is 10.2 Å². The molecule has 0 aliphatic carbocycles. The normalized spacial score (nSPS) is 20.0. The molecule has 5 heterocycles. The number of fused-ring (bicyclic) bond motifs is 1. The molecule has 15 nitrogen and oxygen atoms in total. The second-order valence-corrected chi connectivity index (χ2v) is 19.0. The van der Waals surface area contributed by atoms with Gasteiger partial charge < -0.3 is 51.5 Å². The third-order valence-corrected chi connectivity index (χ3v) is 13.0. The van der Waals surface area contributed by atoms with Gasteiger partial charge in [-0.15, -0.1) is 18.3 Å². The summed E-state index contributed by atoms with van der Waals surface area (Å²) in [5.41, 5.74) is 7.36. The number of hydrogen-bond acceptors (Lipinski definition) is 16. The zero-order chi connectivity index (χ0) is 51.5. The fourth-order valence-electron chi connectivity index (χ4n) is 7.83. The Balaban J connectivity index is 0.000000250. The predicted molar refractivity (Wildman–Crippen MR) is 304 cm³/mol. The number of piperazine rings is 1. The fraction of sp³-hybridized carbons (Fsp3) is 0.473. The molecule has 7 N–H and O–H groups in total. The summed E-state index contributed by atoms with van der Waals surface area (Å²) in [7, 11) is 4.05. The van der Waals surface area contributed by atoms with Crippen molar-refractivity contribution in [2.24, 2.45) is 25.9 Å². The van der Waals surface area contributed by atoms with Gasteiger partial charge in [-0.3, -0.25) is 15.0 Å². The van der Waals surface area contributed by atoms with E-state index in [-0.39, 0.29) is 5.92 Å². The molecule has 4 aliphatic heterocycles. The number of hydrogen-bond donors (Lipinski definition) is 7. The van der Waals surface area contributed by atoms with Crippen LogP contribution in [-0.2, 0) is 0 Å². The van der Waals surface area contributed by atoms with E-state index in [2.05, 4.69) is 162 Å². The van der Waals surface area contributed by atoms with E-state index < -0.39 is 12.5 Å². The summed E-state index contributed by atoms with van der Waals surface area (Å²) < 4.78 is 0. The van der Waals surface area contributed by atoms with Crippen LogP contribution in [0.1, 0.15) is 90.1 Å². The number of anilines is 3. The van der Waals surface area contributed by atoms with Crippen LogP contribution in [0.15, 0.2) is 135 Å². The number of benzene rings is 2. The van der Waals surface area contributed by atoms with Crippen LogP contribution in [0, 0.1) is 5.92 Å². The average Bonchev–Trinajstić information content (AvgIpc) is 3.91. The van der Waals surface area contributed by atoms with Gasteiger partial charge >= 0.3 is 0 Å². The molecular weight excluding hydrogens is 907 g/mol. The topological polar surface area (TPSA) is 173 Å². The van der Waals surface area contributed by atoms with Crippen molar-refractivity contribution in [1.82, 2.24) is 30.7 Å². The van der Waals surface area contributed by atoms with Crippen LogP contribution in [0.5, 0.6) is 0 Å². The largest absolute Gasteiger partial charge is 0.373 e. The Labute approximate surface area is 429 Å². The Hall–Kier alpha value is -5.78. The van der Waals surface area contributed by atoms with E-state index in [1.807, 2.05) is 82.2 Å². The van der Waals surface area contributed by atoms with Crippen LogP contribution in [-0.4, -0.2) is 140 Å². The molecule has 7 rings (SSSR count). The van der Waals surface area contributed by atoms with E-state index in [1.54, 1.807) is 25.1 Å². The van der Waals surface area contributed by atoms with Crippen molar-refractivity contribution >= 4 is 53.2 Å². The van der Waals surface area contributed by atoms with Gasteiger partial charge in [0.1, 0.15) is 37.2 Å². The van der Waals surface area contributed by atoms with Gasteiger partial charge in [-0.1, -0.05) is 96.5 Å². The van der Waals surface area contributed by atoms with E-state index >= 15 is 0 Å². The highest BCUT2D eigenvalue weighted by Crippen LogP contribution is 2.34. The summed E-state index contributed by atoms with van der Waals surface area (Å²) in [6.45, 7) is 28.0. The lowest BCUT2D eigenvalue weighted by molar-refractivity contribution is 0.208. The Morgan fingerprint density at radius 3 is 2.32 bits per heavy atom. The number of aromatic nitrogens is 1. The molecule has 1 saturated heterocycles. The number of aliphatic hydroxyl groups excluding tert-OH is 2. The van der Waals surface area contributed by atoms with E-state index in [0.29, 0.717) is 29.8 Å². The second kappa shape index (κ2) is 31.5. The van der Waals surface area contributed by atoms with Crippen LogP contribution >= 0.6 is 11.8 Å². The van der Waals surface area contributed by atoms with Crippen molar-refractivity contribution in [3.05, 3.63) is 132 Å². The Morgan fingerprint density at radius 2 is 1.65 bits per heavy atom. The molecule has 0 spiro atoms. The van der Waals surface area contributed by atoms with Crippen LogP contribution in [0.3, 0.4) is 0 Å². The van der Waals surface area contributed by atoms with Gasteiger partial charge in [-0.2, -0.15) is 0 Å². The summed E-state index contributed by atoms with van der Waals surface area (Å²) in [5.74, 6) is 3.34. The number of rotatable bonds is 16. The Kier molecular flexibility index (Phi) is 25.7. The summed E-state index contributed by atoms with van der Waals surface area (Å²) >= 11 is 1.81. The molecule has 4 aliphatic rings. The predicted octanol–water partition coefficient (Wildman–Crippen LogP) is 8.43. The number of likely N-dealkylation sites (N-methyl/N-ethyl adjacent to an activating group) is 2. The first-order chi connectivity index (χ1) is 34.4. The number of aliphatic hydroxyl groups is 2. The van der Waals surface area contributed by atoms with Crippen molar-refractivity contribution in [3.8, 4) is 0 Å². The summed E-state index contributed by atoms with van der Waals surface area (Å²) in [6.07, 6.45) is 15.1. The molecule has 1 aromatic heterocycles. The first-order valence-electron chi connectivity index (χ1n) is 25.1. The number of pyridine rings is 1. The molecule has 0 amide bonds. The third kappa shape index (κ3) is 19.1. The van der Waals surface area contributed by atoms with Gasteiger partial charge in [0.05, 0.1) is 22.7 Å². The maximum Gasteiger partial charge on any atom is 0.152 e. The van der Waals surface area contributed by atoms with E-state index in [1.165, 1.54) is 11.1 Å². The van der Waals surface area contributed by atoms with Gasteiger partial charge in [-0.25, -0.2) is 9.98 Å². The molecule has 0 radical (unpaired) electrons. The van der Waals surface area contributed by atoms with Crippen LogP contribution < -0.4 is 31.5 Å². The zero-order valence-electron chi connectivity index (χ0n) is 44.0. The molecule has 5 atom stereocenters. The number of amidine groups is 2. The van der Waals surface area contributed by atoms with Gasteiger partial charge in [0.15, 0.2) is 6.23 Å². The number of nitrogens with one attached hydrogen (secondary N) is 5. The highest BCUT2D eigenvalue weighted by atomic mass is 32.2. The minimum Gasteiger partial charge on any atom is -0.373 e. The molecule has 0 bridgehead atoms. The number of aliphatic imine (C=N–C) groups is 4. The lowest BCUT2D eigenvalue weighted by Gasteiger charge is -2.39. The minimum atomic E-state index is -0.826. The quantitative estimate of drug-likeness (QED) is 0.0416.